The van der Waals surface area contributed by atoms with Crippen molar-refractivity contribution in [1.29, 1.82) is 0 Å². The number of aryl methyl sites for hydroxylation is 2. The van der Waals surface area contributed by atoms with E-state index in [9.17, 15) is 4.79 Å². The highest BCUT2D eigenvalue weighted by molar-refractivity contribution is 5.76. The van der Waals surface area contributed by atoms with Crippen LogP contribution in [0.1, 0.15) is 61.3 Å². The number of amides is 2. The van der Waals surface area contributed by atoms with E-state index >= 15 is 0 Å². The van der Waals surface area contributed by atoms with E-state index < -0.39 is 0 Å². The molecule has 0 radical (unpaired) electrons. The largest absolute Gasteiger partial charge is 0.338 e. The molecule has 2 aromatic carbocycles. The molecule has 180 valence electrons. The van der Waals surface area contributed by atoms with Crippen molar-refractivity contribution in [3.8, 4) is 11.5 Å². The van der Waals surface area contributed by atoms with Crippen molar-refractivity contribution in [3.63, 3.8) is 0 Å². The molecule has 2 amide bonds. The van der Waals surface area contributed by atoms with Crippen LogP contribution >= 0.6 is 0 Å². The van der Waals surface area contributed by atoms with Crippen LogP contribution < -0.4 is 5.32 Å². The molecule has 1 aliphatic rings. The molecule has 1 atom stereocenters. The second-order valence-corrected chi connectivity index (χ2v) is 9.01. The van der Waals surface area contributed by atoms with Gasteiger partial charge in [0.2, 0.25) is 0 Å². The minimum absolute atomic E-state index is 0.0495. The van der Waals surface area contributed by atoms with Gasteiger partial charge in [0, 0.05) is 18.3 Å². The third-order valence-corrected chi connectivity index (χ3v) is 6.79. The zero-order valence-electron chi connectivity index (χ0n) is 20.7. The third kappa shape index (κ3) is 4.14. The first-order valence-corrected chi connectivity index (χ1v) is 12.6. The number of fused-ring (bicyclic) bond motifs is 3. The van der Waals surface area contributed by atoms with Crippen LogP contribution in [0, 0.1) is 0 Å². The first-order valence-electron chi connectivity index (χ1n) is 12.6. The summed E-state index contributed by atoms with van der Waals surface area (Å²) >= 11 is 0. The number of nitrogens with zero attached hydrogens (tertiary/aromatic N) is 4. The highest BCUT2D eigenvalue weighted by Gasteiger charge is 2.36. The fourth-order valence-corrected chi connectivity index (χ4v) is 4.97. The van der Waals surface area contributed by atoms with E-state index in [1.54, 1.807) is 0 Å². The summed E-state index contributed by atoms with van der Waals surface area (Å²) < 4.78 is 4.25. The monoisotopic (exact) mass is 467 g/mol. The molecule has 6 nitrogen and oxygen atoms in total. The van der Waals surface area contributed by atoms with E-state index in [1.807, 2.05) is 27.8 Å². The summed E-state index contributed by atoms with van der Waals surface area (Å²) in [6.45, 7) is 7.50. The molecule has 1 unspecified atom stereocenters. The fraction of sp³-hybridized carbons (Fsp3) is 0.310. The Morgan fingerprint density at radius 1 is 0.971 bits per heavy atom. The molecule has 35 heavy (non-hydrogen) atoms. The predicted octanol–water partition coefficient (Wildman–Crippen LogP) is 5.81. The summed E-state index contributed by atoms with van der Waals surface area (Å²) in [5, 5.41) is 8.15. The van der Waals surface area contributed by atoms with Gasteiger partial charge in [-0.05, 0) is 54.7 Å². The van der Waals surface area contributed by atoms with Gasteiger partial charge >= 0.3 is 6.03 Å². The van der Waals surface area contributed by atoms with Gasteiger partial charge in [0.1, 0.15) is 5.82 Å². The van der Waals surface area contributed by atoms with Crippen molar-refractivity contribution in [3.05, 3.63) is 101 Å². The smallest absolute Gasteiger partial charge is 0.318 e. The number of hydrogen-bond donors (Lipinski definition) is 1. The van der Waals surface area contributed by atoms with Gasteiger partial charge in [-0.2, -0.15) is 5.10 Å². The average Bonchev–Trinajstić information content (AvgIpc) is 3.49. The van der Waals surface area contributed by atoms with Crippen LogP contribution in [0.2, 0.25) is 0 Å². The van der Waals surface area contributed by atoms with E-state index in [2.05, 4.69) is 85.4 Å². The number of benzene rings is 2. The van der Waals surface area contributed by atoms with Gasteiger partial charge in [0.15, 0.2) is 0 Å². The van der Waals surface area contributed by atoms with Crippen molar-refractivity contribution >= 4 is 6.03 Å². The number of nitrogens with one attached hydrogen (secondary N) is 1. The first kappa shape index (κ1) is 23.0. The van der Waals surface area contributed by atoms with E-state index in [4.69, 9.17) is 5.10 Å². The third-order valence-electron chi connectivity index (χ3n) is 6.79. The van der Waals surface area contributed by atoms with Crippen LogP contribution in [-0.4, -0.2) is 31.8 Å². The molecule has 2 aromatic heterocycles. The molecule has 0 saturated carbocycles. The summed E-state index contributed by atoms with van der Waals surface area (Å²) in [6, 6.07) is 22.8. The van der Waals surface area contributed by atoms with Crippen LogP contribution in [-0.2, 0) is 19.4 Å². The second-order valence-electron chi connectivity index (χ2n) is 9.01. The standard InChI is InChI=1S/C29H33N5O/c1-4-18-30-29(35)33-20-24-25(6-3)31-34(23-11-8-7-9-12-23)28(24)32-19-10-13-26(32)27(33)22-16-14-21(5-2)15-17-22/h7-17,19,27H,4-6,18,20H2,1-3H3,(H,30,35). The minimum atomic E-state index is -0.214. The molecule has 0 spiro atoms. The molecule has 1 N–H and O–H groups in total. The van der Waals surface area contributed by atoms with Crippen LogP contribution in [0.4, 0.5) is 4.79 Å². The van der Waals surface area contributed by atoms with Crippen LogP contribution in [0.3, 0.4) is 0 Å². The number of aromatic nitrogens is 3. The first-order chi connectivity index (χ1) is 17.2. The maximum absolute atomic E-state index is 13.6. The second kappa shape index (κ2) is 9.82. The zero-order chi connectivity index (χ0) is 24.4. The van der Waals surface area contributed by atoms with Gasteiger partial charge in [-0.1, -0.05) is 63.2 Å². The SMILES string of the molecule is CCCNC(=O)N1Cc2c(CC)nn(-c3ccccc3)c2-n2cccc2C1c1ccc(CC)cc1. The Balaban J connectivity index is 1.73. The van der Waals surface area contributed by atoms with Crippen molar-refractivity contribution in [2.45, 2.75) is 52.6 Å². The minimum Gasteiger partial charge on any atom is -0.338 e. The van der Waals surface area contributed by atoms with E-state index in [-0.39, 0.29) is 12.1 Å². The average molecular weight is 468 g/mol. The summed E-state index contributed by atoms with van der Waals surface area (Å²) in [4.78, 5) is 15.6. The molecule has 0 saturated heterocycles. The Morgan fingerprint density at radius 3 is 2.43 bits per heavy atom. The predicted molar refractivity (Wildman–Crippen MR) is 139 cm³/mol. The van der Waals surface area contributed by atoms with E-state index in [0.717, 1.165) is 53.3 Å². The van der Waals surface area contributed by atoms with Crippen LogP contribution in [0.25, 0.3) is 11.5 Å². The number of carbonyl (C=O) groups excluding carboxylic acids is 1. The lowest BCUT2D eigenvalue weighted by Gasteiger charge is -2.31. The summed E-state index contributed by atoms with van der Waals surface area (Å²) in [7, 11) is 0. The molecule has 1 aliphatic heterocycles. The highest BCUT2D eigenvalue weighted by atomic mass is 16.2. The highest BCUT2D eigenvalue weighted by Crippen LogP contribution is 2.38. The molecule has 4 aromatic rings. The van der Waals surface area contributed by atoms with Crippen LogP contribution in [0.5, 0.6) is 0 Å². The molecule has 0 fully saturated rings. The summed E-state index contributed by atoms with van der Waals surface area (Å²) in [5.41, 5.74) is 6.56. The molecular formula is C29H33N5O. The van der Waals surface area contributed by atoms with Crippen molar-refractivity contribution in [2.75, 3.05) is 6.54 Å². The number of rotatable bonds is 6. The Kier molecular flexibility index (Phi) is 6.45. The lowest BCUT2D eigenvalue weighted by molar-refractivity contribution is 0.180. The van der Waals surface area contributed by atoms with E-state index in [1.165, 1.54) is 5.56 Å². The van der Waals surface area contributed by atoms with Gasteiger partial charge in [0.05, 0.1) is 29.7 Å². The number of urea groups is 1. The maximum Gasteiger partial charge on any atom is 0.318 e. The molecule has 6 heteroatoms. The van der Waals surface area contributed by atoms with Crippen LogP contribution in [0.15, 0.2) is 72.9 Å². The molecular weight excluding hydrogens is 434 g/mol. The molecule has 3 heterocycles. The summed E-state index contributed by atoms with van der Waals surface area (Å²) in [5.74, 6) is 1.01. The van der Waals surface area contributed by atoms with Crippen molar-refractivity contribution in [1.82, 2.24) is 24.6 Å². The van der Waals surface area contributed by atoms with E-state index in [0.29, 0.717) is 13.1 Å². The maximum atomic E-state index is 13.6. The molecule has 0 aliphatic carbocycles. The zero-order valence-corrected chi connectivity index (χ0v) is 20.7. The van der Waals surface area contributed by atoms with Gasteiger partial charge in [-0.25, -0.2) is 9.48 Å². The fourth-order valence-electron chi connectivity index (χ4n) is 4.97. The van der Waals surface area contributed by atoms with Gasteiger partial charge in [-0.15, -0.1) is 0 Å². The molecule has 5 rings (SSSR count). The summed E-state index contributed by atoms with van der Waals surface area (Å²) in [6.07, 6.45) is 4.76. The number of carbonyl (C=O) groups is 1. The lowest BCUT2D eigenvalue weighted by atomic mass is 9.99. The molecule has 0 bridgehead atoms. The van der Waals surface area contributed by atoms with Gasteiger partial charge < -0.3 is 14.8 Å². The number of hydrogen-bond acceptors (Lipinski definition) is 2. The normalized spacial score (nSPS) is 14.8. The van der Waals surface area contributed by atoms with Gasteiger partial charge in [-0.3, -0.25) is 0 Å². The van der Waals surface area contributed by atoms with Gasteiger partial charge in [0.25, 0.3) is 0 Å². The Labute approximate surface area is 207 Å². The quantitative estimate of drug-likeness (QED) is 0.389. The Hall–Kier alpha value is -3.80. The van der Waals surface area contributed by atoms with Crippen molar-refractivity contribution < 1.29 is 4.79 Å². The Morgan fingerprint density at radius 2 is 1.74 bits per heavy atom. The number of para-hydroxylation sites is 1. The Bertz CT molecular complexity index is 1300. The van der Waals surface area contributed by atoms with Crippen molar-refractivity contribution in [2.24, 2.45) is 0 Å². The lowest BCUT2D eigenvalue weighted by Crippen LogP contribution is -2.42. The topological polar surface area (TPSA) is 55.1 Å².